The van der Waals surface area contributed by atoms with Crippen LogP contribution in [0, 0.1) is 11.7 Å². The smallest absolute Gasteiger partial charge is 0.347 e. The highest BCUT2D eigenvalue weighted by molar-refractivity contribution is 5.99. The minimum atomic E-state index is -4.55. The molecule has 3 heterocycles. The third-order valence-electron chi connectivity index (χ3n) is 7.62. The maximum Gasteiger partial charge on any atom is 0.406 e. The van der Waals surface area contributed by atoms with Crippen LogP contribution in [0.25, 0.3) is 22.4 Å². The number of benzene rings is 2. The van der Waals surface area contributed by atoms with Crippen molar-refractivity contribution in [2.24, 2.45) is 10.9 Å². The van der Waals surface area contributed by atoms with Gasteiger partial charge in [-0.05, 0) is 55.3 Å². The normalized spacial score (nSPS) is 22.1. The molecule has 0 spiro atoms. The molecular weight excluding hydrogens is 559 g/mol. The molecule has 6 rings (SSSR count). The average Bonchev–Trinajstić information content (AvgIpc) is 3.47. The van der Waals surface area contributed by atoms with Crippen LogP contribution in [-0.4, -0.2) is 63.7 Å². The van der Waals surface area contributed by atoms with Gasteiger partial charge in [-0.15, -0.1) is 0 Å². The molecule has 1 amide bonds. The molecule has 3 atom stereocenters. The molecule has 42 heavy (non-hydrogen) atoms. The highest BCUT2D eigenvalue weighted by Crippen LogP contribution is 2.47. The van der Waals surface area contributed by atoms with Gasteiger partial charge >= 0.3 is 6.18 Å². The second-order valence-corrected chi connectivity index (χ2v) is 10.8. The van der Waals surface area contributed by atoms with E-state index < -0.39 is 18.9 Å². The predicted octanol–water partition coefficient (Wildman–Crippen LogP) is 5.56. The largest absolute Gasteiger partial charge is 0.406 e. The third-order valence-corrected chi connectivity index (χ3v) is 7.62. The van der Waals surface area contributed by atoms with E-state index in [4.69, 9.17) is 4.52 Å². The number of alkyl halides is 4. The van der Waals surface area contributed by atoms with Gasteiger partial charge in [-0.1, -0.05) is 23.4 Å². The molecule has 13 heteroatoms. The molecule has 8 nitrogen and oxygen atoms in total. The van der Waals surface area contributed by atoms with Crippen LogP contribution >= 0.6 is 0 Å². The molecule has 1 aliphatic heterocycles. The van der Waals surface area contributed by atoms with E-state index in [1.165, 1.54) is 24.3 Å². The zero-order valence-electron chi connectivity index (χ0n) is 22.5. The first kappa shape index (κ1) is 28.0. The number of carbonyl (C=O) groups is 1. The summed E-state index contributed by atoms with van der Waals surface area (Å²) in [5.41, 5.74) is 1.73. The lowest BCUT2D eigenvalue weighted by Gasteiger charge is -2.26. The number of carbonyl (C=O) groups excluding carboxylic acids is 1. The van der Waals surface area contributed by atoms with Crippen molar-refractivity contribution in [1.29, 1.82) is 0 Å². The summed E-state index contributed by atoms with van der Waals surface area (Å²) < 4.78 is 75.4. The monoisotopic (exact) mass is 586 g/mol. The van der Waals surface area contributed by atoms with Crippen molar-refractivity contribution in [3.8, 4) is 11.5 Å². The number of amides is 1. The fraction of sp³-hybridized carbons (Fsp3) is 0.379. The number of aromatic nitrogens is 3. The molecule has 1 aliphatic carbocycles. The van der Waals surface area contributed by atoms with Gasteiger partial charge < -0.3 is 19.3 Å². The van der Waals surface area contributed by atoms with Gasteiger partial charge in [0, 0.05) is 30.8 Å². The number of piperidine rings is 1. The van der Waals surface area contributed by atoms with Crippen LogP contribution in [0.1, 0.15) is 30.2 Å². The summed E-state index contributed by atoms with van der Waals surface area (Å²) in [6, 6.07) is 12.3. The number of hydrogen-bond donors (Lipinski definition) is 1. The Morgan fingerprint density at radius 2 is 2.00 bits per heavy atom. The molecule has 1 N–H and O–H groups in total. The van der Waals surface area contributed by atoms with Crippen LogP contribution in [0.15, 0.2) is 58.0 Å². The van der Waals surface area contributed by atoms with Crippen molar-refractivity contribution in [3.05, 3.63) is 65.8 Å². The van der Waals surface area contributed by atoms with Gasteiger partial charge in [-0.25, -0.2) is 8.78 Å². The van der Waals surface area contributed by atoms with Crippen LogP contribution in [0.4, 0.5) is 27.6 Å². The molecule has 2 fully saturated rings. The molecule has 1 saturated heterocycles. The van der Waals surface area contributed by atoms with Gasteiger partial charge in [-0.2, -0.15) is 18.2 Å². The number of rotatable bonds is 7. The number of fused-ring (bicyclic) bond motifs is 1. The van der Waals surface area contributed by atoms with Crippen LogP contribution in [0.5, 0.6) is 0 Å². The molecule has 2 aromatic heterocycles. The maximum atomic E-state index is 14.7. The summed E-state index contributed by atoms with van der Waals surface area (Å²) in [5.74, 6) is -1.12. The Labute approximate surface area is 237 Å². The van der Waals surface area contributed by atoms with E-state index in [1.54, 1.807) is 24.3 Å². The van der Waals surface area contributed by atoms with Crippen LogP contribution in [0.3, 0.4) is 0 Å². The zero-order chi connectivity index (χ0) is 29.6. The van der Waals surface area contributed by atoms with E-state index in [9.17, 15) is 26.7 Å². The molecular formula is C29H27F5N6O2. The summed E-state index contributed by atoms with van der Waals surface area (Å²) in [6.45, 7) is -0.609. The highest BCUT2D eigenvalue weighted by atomic mass is 19.4. The van der Waals surface area contributed by atoms with Crippen molar-refractivity contribution in [3.63, 3.8) is 0 Å². The third kappa shape index (κ3) is 5.91. The van der Waals surface area contributed by atoms with Gasteiger partial charge in [-0.3, -0.25) is 9.79 Å². The second-order valence-electron chi connectivity index (χ2n) is 10.8. The number of hydrogen-bond acceptors (Lipinski definition) is 6. The zero-order valence-corrected chi connectivity index (χ0v) is 22.5. The Hall–Kier alpha value is -4.13. The molecule has 1 saturated carbocycles. The van der Waals surface area contributed by atoms with Crippen molar-refractivity contribution in [2.45, 2.75) is 44.2 Å². The minimum absolute atomic E-state index is 0.0113. The van der Waals surface area contributed by atoms with E-state index in [2.05, 4.69) is 20.4 Å². The summed E-state index contributed by atoms with van der Waals surface area (Å²) in [6.07, 6.45) is -4.84. The van der Waals surface area contributed by atoms with Gasteiger partial charge in [0.15, 0.2) is 6.17 Å². The SMILES string of the molecule is CN1CCC(=Nc2cccc3c2cc(-c2noc(CNC(=O)[C@@H]4C[C@H]4c4cccc(F)c4)n2)n3CC(F)(F)F)[C@@H](F)C1. The fourth-order valence-electron chi connectivity index (χ4n) is 5.43. The molecule has 2 aromatic carbocycles. The van der Waals surface area contributed by atoms with E-state index in [0.29, 0.717) is 36.2 Å². The number of nitrogens with one attached hydrogen (secondary N) is 1. The lowest BCUT2D eigenvalue weighted by Crippen LogP contribution is -2.39. The summed E-state index contributed by atoms with van der Waals surface area (Å²) in [4.78, 5) is 23.2. The number of nitrogens with zero attached hydrogens (tertiary/aromatic N) is 5. The lowest BCUT2D eigenvalue weighted by atomic mass is 10.1. The van der Waals surface area contributed by atoms with E-state index in [-0.39, 0.29) is 59.6 Å². The Bertz CT molecular complexity index is 1660. The first-order valence-electron chi connectivity index (χ1n) is 13.5. The molecule has 0 radical (unpaired) electrons. The van der Waals surface area contributed by atoms with Crippen molar-refractivity contribution >= 4 is 28.2 Å². The number of halogens is 5. The average molecular weight is 587 g/mol. The van der Waals surface area contributed by atoms with Crippen LogP contribution in [0.2, 0.25) is 0 Å². The first-order chi connectivity index (χ1) is 20.1. The summed E-state index contributed by atoms with van der Waals surface area (Å²) in [7, 11) is 1.81. The summed E-state index contributed by atoms with van der Waals surface area (Å²) in [5, 5.41) is 6.98. The van der Waals surface area contributed by atoms with Gasteiger partial charge in [0.05, 0.1) is 29.2 Å². The van der Waals surface area contributed by atoms with Crippen LogP contribution in [-0.2, 0) is 17.9 Å². The predicted molar refractivity (Wildman–Crippen MR) is 144 cm³/mol. The molecule has 0 bridgehead atoms. The van der Waals surface area contributed by atoms with Crippen molar-refractivity contribution in [1.82, 2.24) is 24.9 Å². The van der Waals surface area contributed by atoms with Gasteiger partial charge in [0.1, 0.15) is 12.4 Å². The number of aliphatic imine (C=N–C) groups is 1. The number of likely N-dealkylation sites (tertiary alicyclic amines) is 1. The van der Waals surface area contributed by atoms with Gasteiger partial charge in [0.25, 0.3) is 0 Å². The standard InChI is InChI=1S/C29H27F5N6O2/c1-39-9-8-23(21(31)14-39)36-22-6-3-7-24-20(22)12-25(40(24)15-29(32,33)34)27-37-26(42-38-27)13-35-28(41)19-11-18(19)16-4-2-5-17(30)10-16/h2-7,10,12,18-19,21H,8-9,11,13-15H2,1H3,(H,35,41)/t18-,19+,21-/m0/s1. The molecule has 2 aliphatic rings. The van der Waals surface area contributed by atoms with E-state index >= 15 is 0 Å². The Kier molecular flexibility index (Phi) is 7.29. The Morgan fingerprint density at radius 1 is 1.19 bits per heavy atom. The first-order valence-corrected chi connectivity index (χ1v) is 13.5. The molecule has 220 valence electrons. The van der Waals surface area contributed by atoms with E-state index in [0.717, 1.165) is 10.1 Å². The van der Waals surface area contributed by atoms with Crippen molar-refractivity contribution < 1.29 is 31.3 Å². The Balaban J connectivity index is 1.24. The highest BCUT2D eigenvalue weighted by Gasteiger charge is 2.44. The van der Waals surface area contributed by atoms with Crippen LogP contribution < -0.4 is 5.32 Å². The Morgan fingerprint density at radius 3 is 2.76 bits per heavy atom. The van der Waals surface area contributed by atoms with Crippen molar-refractivity contribution in [2.75, 3.05) is 20.1 Å². The quantitative estimate of drug-likeness (QED) is 0.287. The van der Waals surface area contributed by atoms with E-state index in [1.807, 2.05) is 11.9 Å². The molecule has 4 aromatic rings. The fourth-order valence-corrected chi connectivity index (χ4v) is 5.43. The summed E-state index contributed by atoms with van der Waals surface area (Å²) >= 11 is 0. The second kappa shape index (κ2) is 10.9. The lowest BCUT2D eigenvalue weighted by molar-refractivity contribution is -0.139. The topological polar surface area (TPSA) is 88.6 Å². The van der Waals surface area contributed by atoms with Gasteiger partial charge in [0.2, 0.25) is 17.6 Å². The maximum absolute atomic E-state index is 14.7. The minimum Gasteiger partial charge on any atom is -0.347 e. The molecule has 0 unspecified atom stereocenters.